The van der Waals surface area contributed by atoms with Crippen LogP contribution in [0, 0.1) is 5.82 Å². The third-order valence-electron chi connectivity index (χ3n) is 3.77. The molecule has 1 fully saturated rings. The van der Waals surface area contributed by atoms with Crippen molar-refractivity contribution in [3.05, 3.63) is 48.0 Å². The molecule has 7 heteroatoms. The number of anilines is 2. The summed E-state index contributed by atoms with van der Waals surface area (Å²) in [6.45, 7) is 3.66. The van der Waals surface area contributed by atoms with Gasteiger partial charge < -0.3 is 15.1 Å². The highest BCUT2D eigenvalue weighted by Crippen LogP contribution is 2.13. The van der Waals surface area contributed by atoms with E-state index in [1.165, 1.54) is 30.6 Å². The third-order valence-corrected chi connectivity index (χ3v) is 3.77. The second-order valence-corrected chi connectivity index (χ2v) is 5.53. The third kappa shape index (κ3) is 3.81. The molecule has 1 amide bonds. The summed E-state index contributed by atoms with van der Waals surface area (Å²) in [6.07, 6.45) is 2.99. The highest BCUT2D eigenvalue weighted by Gasteiger charge is 2.17. The van der Waals surface area contributed by atoms with Crippen molar-refractivity contribution in [2.75, 3.05) is 43.4 Å². The zero-order chi connectivity index (χ0) is 16.2. The van der Waals surface area contributed by atoms with Crippen LogP contribution in [0.1, 0.15) is 10.4 Å². The van der Waals surface area contributed by atoms with Gasteiger partial charge in [0.2, 0.25) is 5.95 Å². The van der Waals surface area contributed by atoms with E-state index in [-0.39, 0.29) is 5.91 Å². The van der Waals surface area contributed by atoms with Gasteiger partial charge in [-0.25, -0.2) is 14.4 Å². The fourth-order valence-electron chi connectivity index (χ4n) is 2.38. The van der Waals surface area contributed by atoms with Crippen molar-refractivity contribution >= 4 is 17.5 Å². The smallest absolute Gasteiger partial charge is 0.258 e. The quantitative estimate of drug-likeness (QED) is 0.932. The van der Waals surface area contributed by atoms with Crippen molar-refractivity contribution in [1.82, 2.24) is 14.9 Å². The van der Waals surface area contributed by atoms with Gasteiger partial charge in [-0.3, -0.25) is 4.79 Å². The molecule has 0 atom stereocenters. The molecule has 2 aromatic rings. The number of carbonyl (C=O) groups excluding carboxylic acids is 1. The Hall–Kier alpha value is -2.54. The molecule has 1 aliphatic heterocycles. The lowest BCUT2D eigenvalue weighted by Gasteiger charge is -2.32. The van der Waals surface area contributed by atoms with E-state index in [4.69, 9.17) is 0 Å². The Morgan fingerprint density at radius 1 is 1.17 bits per heavy atom. The molecule has 0 saturated carbocycles. The lowest BCUT2D eigenvalue weighted by Crippen LogP contribution is -2.45. The second-order valence-electron chi connectivity index (χ2n) is 5.53. The molecule has 1 aromatic heterocycles. The number of amides is 1. The molecule has 3 rings (SSSR count). The summed E-state index contributed by atoms with van der Waals surface area (Å²) in [5.41, 5.74) is 0.741. The number of rotatable bonds is 3. The first-order valence-electron chi connectivity index (χ1n) is 7.44. The molecule has 6 nitrogen and oxygen atoms in total. The van der Waals surface area contributed by atoms with Gasteiger partial charge >= 0.3 is 0 Å². The van der Waals surface area contributed by atoms with Gasteiger partial charge in [-0.05, 0) is 25.2 Å². The van der Waals surface area contributed by atoms with E-state index >= 15 is 0 Å². The predicted molar refractivity (Wildman–Crippen MR) is 86.1 cm³/mol. The summed E-state index contributed by atoms with van der Waals surface area (Å²) in [4.78, 5) is 25.0. The molecular weight excluding hydrogens is 297 g/mol. The second kappa shape index (κ2) is 6.70. The molecule has 1 aliphatic rings. The molecule has 120 valence electrons. The lowest BCUT2D eigenvalue weighted by atomic mass is 10.2. The highest BCUT2D eigenvalue weighted by atomic mass is 19.1. The van der Waals surface area contributed by atoms with Crippen molar-refractivity contribution in [2.24, 2.45) is 0 Å². The summed E-state index contributed by atoms with van der Waals surface area (Å²) < 4.78 is 13.1. The van der Waals surface area contributed by atoms with Gasteiger partial charge in [0.15, 0.2) is 0 Å². The van der Waals surface area contributed by atoms with Gasteiger partial charge in [0.25, 0.3) is 5.91 Å². The van der Waals surface area contributed by atoms with Crippen molar-refractivity contribution in [3.63, 3.8) is 0 Å². The van der Waals surface area contributed by atoms with Crippen LogP contribution in [0.4, 0.5) is 16.0 Å². The number of aromatic nitrogens is 2. The Morgan fingerprint density at radius 2 is 1.87 bits per heavy atom. The van der Waals surface area contributed by atoms with Crippen molar-refractivity contribution in [2.45, 2.75) is 0 Å². The fourth-order valence-corrected chi connectivity index (χ4v) is 2.38. The number of hydrogen-bond donors (Lipinski definition) is 1. The number of likely N-dealkylation sites (N-methyl/N-ethyl adjacent to an activating group) is 1. The van der Waals surface area contributed by atoms with Crippen LogP contribution in [0.15, 0.2) is 36.7 Å². The molecule has 0 aliphatic carbocycles. The number of carbonyl (C=O) groups is 1. The molecule has 1 aromatic carbocycles. The van der Waals surface area contributed by atoms with Gasteiger partial charge in [-0.15, -0.1) is 0 Å². The number of halogens is 1. The highest BCUT2D eigenvalue weighted by molar-refractivity contribution is 6.03. The monoisotopic (exact) mass is 315 g/mol. The van der Waals surface area contributed by atoms with Gasteiger partial charge in [-0.1, -0.05) is 6.07 Å². The summed E-state index contributed by atoms with van der Waals surface area (Å²) >= 11 is 0. The van der Waals surface area contributed by atoms with Crippen LogP contribution in [0.5, 0.6) is 0 Å². The molecule has 0 unspecified atom stereocenters. The maximum Gasteiger partial charge on any atom is 0.258 e. The van der Waals surface area contributed by atoms with Crippen LogP contribution in [-0.2, 0) is 0 Å². The average molecular weight is 315 g/mol. The summed E-state index contributed by atoms with van der Waals surface area (Å²) in [5.74, 6) is -0.134. The first-order chi connectivity index (χ1) is 11.1. The SMILES string of the molecule is CN1CCN(c2ncc(C(=O)Nc3cccc(F)c3)cn2)CC1. The van der Waals surface area contributed by atoms with Crippen LogP contribution in [-0.4, -0.2) is 54.0 Å². The van der Waals surface area contributed by atoms with Crippen LogP contribution in [0.25, 0.3) is 0 Å². The summed E-state index contributed by atoms with van der Waals surface area (Å²) in [7, 11) is 2.08. The van der Waals surface area contributed by atoms with Gasteiger partial charge in [-0.2, -0.15) is 0 Å². The Balaban J connectivity index is 1.65. The van der Waals surface area contributed by atoms with Gasteiger partial charge in [0.1, 0.15) is 5.82 Å². The standard InChI is InChI=1S/C16H18FN5O/c1-21-5-7-22(8-6-21)16-18-10-12(11-19-16)15(23)20-14-4-2-3-13(17)9-14/h2-4,9-11H,5-8H2,1H3,(H,20,23). The fraction of sp³-hybridized carbons (Fsp3) is 0.312. The molecule has 1 saturated heterocycles. The maximum absolute atomic E-state index is 13.1. The molecule has 23 heavy (non-hydrogen) atoms. The zero-order valence-corrected chi connectivity index (χ0v) is 12.9. The molecular formula is C16H18FN5O. The van der Waals surface area contributed by atoms with E-state index in [2.05, 4.69) is 32.1 Å². The number of nitrogens with zero attached hydrogens (tertiary/aromatic N) is 4. The minimum atomic E-state index is -0.399. The molecule has 2 heterocycles. The largest absolute Gasteiger partial charge is 0.338 e. The van der Waals surface area contributed by atoms with Gasteiger partial charge in [0.05, 0.1) is 5.56 Å². The average Bonchev–Trinajstić information content (AvgIpc) is 2.56. The minimum Gasteiger partial charge on any atom is -0.338 e. The van der Waals surface area contributed by atoms with Gasteiger partial charge in [0, 0.05) is 44.3 Å². The van der Waals surface area contributed by atoms with Crippen LogP contribution in [0.2, 0.25) is 0 Å². The minimum absolute atomic E-state index is 0.340. The van der Waals surface area contributed by atoms with Crippen LogP contribution in [0.3, 0.4) is 0 Å². The van der Waals surface area contributed by atoms with Crippen molar-refractivity contribution in [3.8, 4) is 0 Å². The Labute approximate surface area is 134 Å². The molecule has 0 spiro atoms. The van der Waals surface area contributed by atoms with Crippen molar-refractivity contribution in [1.29, 1.82) is 0 Å². The van der Waals surface area contributed by atoms with Crippen molar-refractivity contribution < 1.29 is 9.18 Å². The molecule has 0 bridgehead atoms. The van der Waals surface area contributed by atoms with E-state index in [1.807, 2.05) is 0 Å². The zero-order valence-electron chi connectivity index (χ0n) is 12.9. The molecule has 1 N–H and O–H groups in total. The Morgan fingerprint density at radius 3 is 2.52 bits per heavy atom. The number of nitrogens with one attached hydrogen (secondary N) is 1. The topological polar surface area (TPSA) is 61.4 Å². The first-order valence-corrected chi connectivity index (χ1v) is 7.44. The molecule has 0 radical (unpaired) electrons. The maximum atomic E-state index is 13.1. The summed E-state index contributed by atoms with van der Waals surface area (Å²) in [6, 6.07) is 5.75. The van der Waals surface area contributed by atoms with Crippen LogP contribution < -0.4 is 10.2 Å². The van der Waals surface area contributed by atoms with Crippen LogP contribution >= 0.6 is 0 Å². The van der Waals surface area contributed by atoms with E-state index in [9.17, 15) is 9.18 Å². The number of benzene rings is 1. The predicted octanol–water partition coefficient (Wildman–Crippen LogP) is 1.62. The lowest BCUT2D eigenvalue weighted by molar-refractivity contribution is 0.102. The summed E-state index contributed by atoms with van der Waals surface area (Å²) in [5, 5.41) is 2.62. The van der Waals surface area contributed by atoms with E-state index in [1.54, 1.807) is 6.07 Å². The first kappa shape index (κ1) is 15.4. The Kier molecular flexibility index (Phi) is 4.47. The normalized spacial score (nSPS) is 15.5. The number of hydrogen-bond acceptors (Lipinski definition) is 5. The van der Waals surface area contributed by atoms with E-state index in [0.29, 0.717) is 17.2 Å². The van der Waals surface area contributed by atoms with E-state index in [0.717, 1.165) is 26.2 Å². The number of piperazine rings is 1. The Bertz CT molecular complexity index is 683. The van der Waals surface area contributed by atoms with E-state index < -0.39 is 5.82 Å².